The number of nitrogens with zero attached hydrogens (tertiary/aromatic N) is 2. The Bertz CT molecular complexity index is 715. The number of piperazine rings is 1. The zero-order valence-electron chi connectivity index (χ0n) is 13.2. The first kappa shape index (κ1) is 17.5. The van der Waals surface area contributed by atoms with Gasteiger partial charge in [0.05, 0.1) is 10.7 Å². The predicted molar refractivity (Wildman–Crippen MR) is 106 cm³/mol. The van der Waals surface area contributed by atoms with Crippen LogP contribution in [-0.4, -0.2) is 41.1 Å². The molecule has 0 bridgehead atoms. The summed E-state index contributed by atoms with van der Waals surface area (Å²) in [5.74, 6) is 0. The molecule has 0 atom stereocenters. The predicted octanol–water partition coefficient (Wildman–Crippen LogP) is 4.51. The largest absolute Gasteiger partial charge is 0.346 e. The summed E-state index contributed by atoms with van der Waals surface area (Å²) in [5, 5.41) is 5.47. The number of halogens is 2. The van der Waals surface area contributed by atoms with Crippen molar-refractivity contribution >= 4 is 46.2 Å². The number of hydrogen-bond acceptors (Lipinski definition) is 2. The molecule has 0 amide bonds. The molecule has 1 N–H and O–H groups in total. The Morgan fingerprint density at radius 1 is 0.917 bits per heavy atom. The van der Waals surface area contributed by atoms with Crippen molar-refractivity contribution in [1.82, 2.24) is 9.80 Å². The SMILES string of the molecule is S=C(Nc1ccccc1Cl)N1CCN(Cc2ccccc2Cl)CC1. The first-order chi connectivity index (χ1) is 11.6. The van der Waals surface area contributed by atoms with Gasteiger partial charge >= 0.3 is 0 Å². The number of thiocarbonyl (C=S) groups is 1. The summed E-state index contributed by atoms with van der Waals surface area (Å²) in [7, 11) is 0. The van der Waals surface area contributed by atoms with Gasteiger partial charge in [0.15, 0.2) is 5.11 Å². The minimum Gasteiger partial charge on any atom is -0.346 e. The minimum absolute atomic E-state index is 0.678. The summed E-state index contributed by atoms with van der Waals surface area (Å²) < 4.78 is 0. The first-order valence-corrected chi connectivity index (χ1v) is 9.06. The molecule has 1 aliphatic heterocycles. The molecule has 126 valence electrons. The summed E-state index contributed by atoms with van der Waals surface area (Å²) in [6.07, 6.45) is 0. The average Bonchev–Trinajstić information content (AvgIpc) is 2.59. The molecule has 3 nitrogen and oxygen atoms in total. The second kappa shape index (κ2) is 8.17. The maximum atomic E-state index is 6.25. The van der Waals surface area contributed by atoms with Gasteiger partial charge in [-0.05, 0) is 36.0 Å². The van der Waals surface area contributed by atoms with Crippen LogP contribution in [0.25, 0.3) is 0 Å². The molecule has 0 unspecified atom stereocenters. The van der Waals surface area contributed by atoms with Crippen LogP contribution in [-0.2, 0) is 6.54 Å². The van der Waals surface area contributed by atoms with E-state index in [2.05, 4.69) is 21.2 Å². The van der Waals surface area contributed by atoms with E-state index in [1.807, 2.05) is 42.5 Å². The van der Waals surface area contributed by atoms with Gasteiger partial charge < -0.3 is 10.2 Å². The first-order valence-electron chi connectivity index (χ1n) is 7.90. The molecule has 2 aromatic rings. The topological polar surface area (TPSA) is 18.5 Å². The van der Waals surface area contributed by atoms with Crippen molar-refractivity contribution < 1.29 is 0 Å². The van der Waals surface area contributed by atoms with Crippen LogP contribution >= 0.6 is 35.4 Å². The highest BCUT2D eigenvalue weighted by molar-refractivity contribution is 7.80. The number of anilines is 1. The van der Waals surface area contributed by atoms with Crippen molar-refractivity contribution in [2.45, 2.75) is 6.54 Å². The molecule has 0 aliphatic carbocycles. The van der Waals surface area contributed by atoms with Gasteiger partial charge in [0.2, 0.25) is 0 Å². The monoisotopic (exact) mass is 379 g/mol. The molecule has 6 heteroatoms. The van der Waals surface area contributed by atoms with Crippen LogP contribution in [0, 0.1) is 0 Å². The smallest absolute Gasteiger partial charge is 0.173 e. The van der Waals surface area contributed by atoms with Crippen molar-refractivity contribution in [3.63, 3.8) is 0 Å². The van der Waals surface area contributed by atoms with Gasteiger partial charge in [0.25, 0.3) is 0 Å². The lowest BCUT2D eigenvalue weighted by atomic mass is 10.2. The summed E-state index contributed by atoms with van der Waals surface area (Å²) in [4.78, 5) is 4.58. The number of para-hydroxylation sites is 1. The van der Waals surface area contributed by atoms with E-state index in [9.17, 15) is 0 Å². The number of hydrogen-bond donors (Lipinski definition) is 1. The van der Waals surface area contributed by atoms with Crippen molar-refractivity contribution in [3.05, 3.63) is 64.1 Å². The van der Waals surface area contributed by atoms with Crippen LogP contribution in [0.4, 0.5) is 5.69 Å². The lowest BCUT2D eigenvalue weighted by Gasteiger charge is -2.36. The molecule has 0 saturated carbocycles. The quantitative estimate of drug-likeness (QED) is 0.790. The molecule has 1 heterocycles. The Labute approximate surface area is 158 Å². The van der Waals surface area contributed by atoms with Gasteiger partial charge in [0, 0.05) is 37.7 Å². The molecule has 0 aromatic heterocycles. The van der Waals surface area contributed by atoms with Crippen molar-refractivity contribution in [2.24, 2.45) is 0 Å². The molecular weight excluding hydrogens is 361 g/mol. The summed E-state index contributed by atoms with van der Waals surface area (Å²) in [6, 6.07) is 15.6. The molecule has 2 aromatic carbocycles. The van der Waals surface area contributed by atoms with Gasteiger partial charge in [-0.25, -0.2) is 0 Å². The van der Waals surface area contributed by atoms with Gasteiger partial charge in [0.1, 0.15) is 0 Å². The molecule has 24 heavy (non-hydrogen) atoms. The van der Waals surface area contributed by atoms with Crippen molar-refractivity contribution in [2.75, 3.05) is 31.5 Å². The maximum Gasteiger partial charge on any atom is 0.173 e. The molecule has 3 rings (SSSR count). The lowest BCUT2D eigenvalue weighted by molar-refractivity contribution is 0.177. The second-order valence-corrected chi connectivity index (χ2v) is 6.97. The highest BCUT2D eigenvalue weighted by Crippen LogP contribution is 2.21. The zero-order chi connectivity index (χ0) is 16.9. The van der Waals surface area contributed by atoms with E-state index in [-0.39, 0.29) is 0 Å². The van der Waals surface area contributed by atoms with Gasteiger partial charge in [-0.1, -0.05) is 53.5 Å². The van der Waals surface area contributed by atoms with E-state index in [0.717, 1.165) is 48.5 Å². The van der Waals surface area contributed by atoms with Crippen LogP contribution in [0.15, 0.2) is 48.5 Å². The third-order valence-electron chi connectivity index (χ3n) is 4.13. The van der Waals surface area contributed by atoms with E-state index in [1.54, 1.807) is 0 Å². The van der Waals surface area contributed by atoms with Crippen LogP contribution in [0.1, 0.15) is 5.56 Å². The fourth-order valence-corrected chi connectivity index (χ4v) is 3.40. The highest BCUT2D eigenvalue weighted by atomic mass is 35.5. The number of nitrogens with one attached hydrogen (secondary N) is 1. The zero-order valence-corrected chi connectivity index (χ0v) is 15.5. The van der Waals surface area contributed by atoms with E-state index < -0.39 is 0 Å². The molecular formula is C18H19Cl2N3S. The summed E-state index contributed by atoms with van der Waals surface area (Å²) in [6.45, 7) is 4.56. The van der Waals surface area contributed by atoms with Crippen molar-refractivity contribution in [1.29, 1.82) is 0 Å². The lowest BCUT2D eigenvalue weighted by Crippen LogP contribution is -2.49. The summed E-state index contributed by atoms with van der Waals surface area (Å²) in [5.41, 5.74) is 2.02. The molecule has 0 radical (unpaired) electrons. The molecule has 0 spiro atoms. The maximum absolute atomic E-state index is 6.25. The van der Waals surface area contributed by atoms with E-state index in [4.69, 9.17) is 35.4 Å². The molecule has 1 saturated heterocycles. The van der Waals surface area contributed by atoms with E-state index >= 15 is 0 Å². The molecule has 1 fully saturated rings. The van der Waals surface area contributed by atoms with Crippen LogP contribution in [0.3, 0.4) is 0 Å². The third kappa shape index (κ3) is 4.39. The fraction of sp³-hybridized carbons (Fsp3) is 0.278. The Kier molecular flexibility index (Phi) is 5.95. The molecule has 1 aliphatic rings. The van der Waals surface area contributed by atoms with E-state index in [1.165, 1.54) is 5.56 Å². The Balaban J connectivity index is 1.52. The Hall–Kier alpha value is -1.33. The average molecular weight is 380 g/mol. The van der Waals surface area contributed by atoms with Crippen LogP contribution in [0.5, 0.6) is 0 Å². The van der Waals surface area contributed by atoms with E-state index in [0.29, 0.717) is 5.02 Å². The Morgan fingerprint density at radius 2 is 1.54 bits per heavy atom. The van der Waals surface area contributed by atoms with Crippen molar-refractivity contribution in [3.8, 4) is 0 Å². The minimum atomic E-state index is 0.678. The standard InChI is InChI=1S/C18H19Cl2N3S/c19-15-6-2-1-5-14(15)13-22-9-11-23(12-10-22)18(24)21-17-8-4-3-7-16(17)20/h1-8H,9-13H2,(H,21,24). The second-order valence-electron chi connectivity index (χ2n) is 5.76. The Morgan fingerprint density at radius 3 is 2.21 bits per heavy atom. The van der Waals surface area contributed by atoms with Gasteiger partial charge in [-0.15, -0.1) is 0 Å². The van der Waals surface area contributed by atoms with Crippen LogP contribution < -0.4 is 5.32 Å². The van der Waals surface area contributed by atoms with Crippen LogP contribution in [0.2, 0.25) is 10.0 Å². The third-order valence-corrected chi connectivity index (χ3v) is 5.19. The fourth-order valence-electron chi connectivity index (χ4n) is 2.73. The number of benzene rings is 2. The summed E-state index contributed by atoms with van der Waals surface area (Å²) >= 11 is 17.9. The number of rotatable bonds is 3. The van der Waals surface area contributed by atoms with Gasteiger partial charge in [-0.2, -0.15) is 0 Å². The highest BCUT2D eigenvalue weighted by Gasteiger charge is 2.20. The van der Waals surface area contributed by atoms with Gasteiger partial charge in [-0.3, -0.25) is 4.90 Å². The normalized spacial score (nSPS) is 15.3.